The quantitative estimate of drug-likeness (QED) is 0.0456. The molecule has 1 unspecified atom stereocenters. The number of hydrogen-bond donors (Lipinski definition) is 4. The van der Waals surface area contributed by atoms with Crippen LogP contribution in [0.25, 0.3) is 0 Å². The van der Waals surface area contributed by atoms with E-state index in [4.69, 9.17) is 10.2 Å². The van der Waals surface area contributed by atoms with E-state index in [9.17, 15) is 25.9 Å². The molecule has 0 amide bonds. The van der Waals surface area contributed by atoms with Gasteiger partial charge in [0.2, 0.25) is 20.8 Å². The number of unbranched alkanes of at least 4 members (excludes halogenated alkanes) is 18. The molecular formula is C27H66N2O10S2. The first-order valence-corrected chi connectivity index (χ1v) is 17.6. The van der Waals surface area contributed by atoms with Gasteiger partial charge in [-0.05, 0) is 19.8 Å². The van der Waals surface area contributed by atoms with Crippen molar-refractivity contribution in [2.45, 2.75) is 155 Å². The molecule has 0 aliphatic rings. The fourth-order valence-electron chi connectivity index (χ4n) is 3.50. The highest BCUT2D eigenvalue weighted by Gasteiger charge is 1.97. The molecule has 12 nitrogen and oxygen atoms in total. The summed E-state index contributed by atoms with van der Waals surface area (Å²) < 4.78 is 68.9. The largest absolute Gasteiger partial charge is 0.726 e. The molecule has 0 aromatic heterocycles. The highest BCUT2D eigenvalue weighted by molar-refractivity contribution is 7.81. The predicted octanol–water partition coefficient (Wildman–Crippen LogP) is 6.88. The van der Waals surface area contributed by atoms with Crippen LogP contribution >= 0.6 is 0 Å². The first-order chi connectivity index (χ1) is 18.4. The second-order valence-electron chi connectivity index (χ2n) is 9.86. The minimum atomic E-state index is -4.48. The zero-order chi connectivity index (χ0) is 30.3. The van der Waals surface area contributed by atoms with Gasteiger partial charge in [0.15, 0.2) is 0 Å². The van der Waals surface area contributed by atoms with Crippen molar-refractivity contribution in [2.24, 2.45) is 0 Å². The highest BCUT2D eigenvalue weighted by atomic mass is 32.3. The van der Waals surface area contributed by atoms with E-state index in [1.165, 1.54) is 96.8 Å². The lowest BCUT2D eigenvalue weighted by Gasteiger charge is -2.07. The van der Waals surface area contributed by atoms with Crippen LogP contribution in [0.4, 0.5) is 0 Å². The summed E-state index contributed by atoms with van der Waals surface area (Å²) in [5.74, 6) is 0. The van der Waals surface area contributed by atoms with Gasteiger partial charge in [0.1, 0.15) is 0 Å². The number of hydrogen-bond acceptors (Lipinski definition) is 10. The van der Waals surface area contributed by atoms with Gasteiger partial charge in [-0.25, -0.2) is 16.8 Å². The third kappa shape index (κ3) is 63.9. The number of quaternary nitrogens is 2. The van der Waals surface area contributed by atoms with Crippen molar-refractivity contribution in [1.29, 1.82) is 0 Å². The second-order valence-corrected chi connectivity index (χ2v) is 12.0. The van der Waals surface area contributed by atoms with Crippen molar-refractivity contribution in [3.63, 3.8) is 0 Å². The summed E-state index contributed by atoms with van der Waals surface area (Å²) in [5, 5.41) is 16.0. The van der Waals surface area contributed by atoms with Crippen molar-refractivity contribution in [1.82, 2.24) is 12.3 Å². The van der Waals surface area contributed by atoms with Crippen LogP contribution in [0.1, 0.15) is 149 Å². The first-order valence-electron chi connectivity index (χ1n) is 14.9. The normalized spacial score (nSPS) is 11.7. The zero-order valence-corrected chi connectivity index (χ0v) is 28.5. The van der Waals surface area contributed by atoms with Gasteiger partial charge in [-0.1, -0.05) is 129 Å². The average molecular weight is 643 g/mol. The van der Waals surface area contributed by atoms with Gasteiger partial charge in [0.25, 0.3) is 0 Å². The standard InChI is InChI=1S/2C12H26O4S.C3H8O2.2H3N/c2*1-2-3-4-5-6-7-8-9-10-11-12-16-17(13,14)15;1-3(5)2-4;;/h2*2-12H2,1H3,(H,13,14,15);3-5H,2H2,1H3;2*1H3. The van der Waals surface area contributed by atoms with Crippen molar-refractivity contribution in [2.75, 3.05) is 19.8 Å². The predicted molar refractivity (Wildman–Crippen MR) is 166 cm³/mol. The molecule has 0 heterocycles. The second kappa shape index (κ2) is 37.6. The molecule has 0 aromatic carbocycles. The molecule has 0 aliphatic heterocycles. The summed E-state index contributed by atoms with van der Waals surface area (Å²) in [7, 11) is -8.97. The van der Waals surface area contributed by atoms with Crippen LogP contribution in [0.5, 0.6) is 0 Å². The van der Waals surface area contributed by atoms with Crippen molar-refractivity contribution < 1.29 is 44.5 Å². The molecule has 0 radical (unpaired) electrons. The van der Waals surface area contributed by atoms with E-state index >= 15 is 0 Å². The Balaban J connectivity index is -0.000000173. The van der Waals surface area contributed by atoms with E-state index in [2.05, 4.69) is 22.2 Å². The Labute approximate surface area is 252 Å². The maximum absolute atomic E-state index is 10.1. The fourth-order valence-corrected chi connectivity index (χ4v) is 4.14. The van der Waals surface area contributed by atoms with Gasteiger partial charge < -0.3 is 31.6 Å². The first kappa shape index (κ1) is 50.2. The average Bonchev–Trinajstić information content (AvgIpc) is 2.85. The smallest absolute Gasteiger partial charge is 0.217 e. The van der Waals surface area contributed by atoms with Crippen molar-refractivity contribution in [3.05, 3.63) is 0 Å². The Bertz CT molecular complexity index is 626. The molecular weight excluding hydrogens is 576 g/mol. The van der Waals surface area contributed by atoms with Gasteiger partial charge in [-0.3, -0.25) is 8.37 Å². The lowest BCUT2D eigenvalue weighted by molar-refractivity contribution is 0.110. The van der Waals surface area contributed by atoms with Crippen LogP contribution in [0.15, 0.2) is 0 Å². The van der Waals surface area contributed by atoms with Gasteiger partial charge in [0.05, 0.1) is 25.9 Å². The highest BCUT2D eigenvalue weighted by Crippen LogP contribution is 2.11. The molecule has 1 atom stereocenters. The van der Waals surface area contributed by atoms with E-state index in [0.29, 0.717) is 12.8 Å². The van der Waals surface area contributed by atoms with Gasteiger partial charge in [-0.15, -0.1) is 0 Å². The summed E-state index contributed by atoms with van der Waals surface area (Å²) >= 11 is 0. The Hall–Kier alpha value is -0.420. The third-order valence-corrected chi connectivity index (χ3v) is 6.63. The monoisotopic (exact) mass is 642 g/mol. The maximum Gasteiger partial charge on any atom is 0.217 e. The Morgan fingerprint density at radius 1 is 0.537 bits per heavy atom. The molecule has 0 saturated heterocycles. The van der Waals surface area contributed by atoms with Crippen LogP contribution in [0.2, 0.25) is 0 Å². The van der Waals surface area contributed by atoms with Crippen LogP contribution in [-0.4, -0.2) is 62.1 Å². The van der Waals surface area contributed by atoms with E-state index < -0.39 is 26.9 Å². The summed E-state index contributed by atoms with van der Waals surface area (Å²) in [6.07, 6.45) is 22.8. The van der Waals surface area contributed by atoms with E-state index in [1.54, 1.807) is 0 Å². The number of aliphatic hydroxyl groups is 2. The molecule has 256 valence electrons. The Morgan fingerprint density at radius 2 is 0.732 bits per heavy atom. The summed E-state index contributed by atoms with van der Waals surface area (Å²) in [5.41, 5.74) is 0. The molecule has 0 saturated carbocycles. The lowest BCUT2D eigenvalue weighted by Crippen LogP contribution is -2.05. The molecule has 41 heavy (non-hydrogen) atoms. The van der Waals surface area contributed by atoms with Crippen molar-refractivity contribution >= 4 is 20.8 Å². The molecule has 0 rings (SSSR count). The number of aliphatic hydroxyl groups excluding tert-OH is 2. The van der Waals surface area contributed by atoms with E-state index in [-0.39, 0.29) is 32.1 Å². The zero-order valence-electron chi connectivity index (χ0n) is 26.8. The molecule has 0 aromatic rings. The molecule has 0 bridgehead atoms. The van der Waals surface area contributed by atoms with Gasteiger partial charge >= 0.3 is 0 Å². The van der Waals surface area contributed by atoms with Crippen molar-refractivity contribution in [3.8, 4) is 0 Å². The molecule has 14 heteroatoms. The van der Waals surface area contributed by atoms with E-state index in [1.807, 2.05) is 0 Å². The third-order valence-electron chi connectivity index (χ3n) is 5.72. The fraction of sp³-hybridized carbons (Fsp3) is 1.00. The van der Waals surface area contributed by atoms with E-state index in [0.717, 1.165) is 25.7 Å². The topological polar surface area (TPSA) is 246 Å². The lowest BCUT2D eigenvalue weighted by atomic mass is 10.1. The number of rotatable bonds is 25. The minimum absolute atomic E-state index is 0. The maximum atomic E-state index is 10.1. The van der Waals surface area contributed by atoms with Gasteiger partial charge in [0, 0.05) is 0 Å². The minimum Gasteiger partial charge on any atom is -0.726 e. The Kier molecular flexibility index (Phi) is 46.1. The summed E-state index contributed by atoms with van der Waals surface area (Å²) in [4.78, 5) is 0. The molecule has 10 N–H and O–H groups in total. The summed E-state index contributed by atoms with van der Waals surface area (Å²) in [6, 6.07) is 0. The molecule has 0 fully saturated rings. The van der Waals surface area contributed by atoms with Crippen LogP contribution in [0, 0.1) is 0 Å². The van der Waals surface area contributed by atoms with Crippen LogP contribution in [-0.2, 0) is 29.2 Å². The SMILES string of the molecule is CC(O)CO.CCCCCCCCCCCCOS(=O)(=O)[O-].CCCCCCCCCCCCOS(=O)(=O)[O-].[NH4+].[NH4+]. The Morgan fingerprint density at radius 3 is 0.902 bits per heavy atom. The molecule has 0 aliphatic carbocycles. The van der Waals surface area contributed by atoms with Crippen LogP contribution < -0.4 is 12.3 Å². The molecule has 0 spiro atoms. The summed E-state index contributed by atoms with van der Waals surface area (Å²) in [6.45, 7) is 5.87. The van der Waals surface area contributed by atoms with Gasteiger partial charge in [-0.2, -0.15) is 0 Å². The van der Waals surface area contributed by atoms with Crippen LogP contribution in [0.3, 0.4) is 0 Å².